The molecule has 0 bridgehead atoms. The predicted octanol–water partition coefficient (Wildman–Crippen LogP) is 2.08. The van der Waals surface area contributed by atoms with Crippen LogP contribution in [0.4, 0.5) is 0 Å². The Labute approximate surface area is 122 Å². The first-order valence-corrected chi connectivity index (χ1v) is 8.84. The molecule has 1 aliphatic heterocycles. The minimum Gasteiger partial charge on any atom is -0.378 e. The van der Waals surface area contributed by atoms with Gasteiger partial charge < -0.3 is 9.64 Å². The molecule has 1 aromatic rings. The maximum absolute atomic E-state index is 11.8. The molecule has 0 spiro atoms. The maximum Gasteiger partial charge on any atom is 0.183 e. The van der Waals surface area contributed by atoms with E-state index in [1.807, 2.05) is 30.3 Å². The highest BCUT2D eigenvalue weighted by Gasteiger charge is 2.18. The van der Waals surface area contributed by atoms with Crippen LogP contribution in [-0.4, -0.2) is 44.3 Å². The van der Waals surface area contributed by atoms with Gasteiger partial charge in [0.05, 0.1) is 24.3 Å². The van der Waals surface area contributed by atoms with Gasteiger partial charge in [-0.1, -0.05) is 46.3 Å². The second kappa shape index (κ2) is 6.54. The van der Waals surface area contributed by atoms with Crippen molar-refractivity contribution < 1.29 is 13.2 Å². The van der Waals surface area contributed by atoms with E-state index in [2.05, 4.69) is 20.8 Å². The van der Waals surface area contributed by atoms with Crippen molar-refractivity contribution in [3.63, 3.8) is 0 Å². The quantitative estimate of drug-likeness (QED) is 0.784. The lowest BCUT2D eigenvalue weighted by Gasteiger charge is -2.31. The molecule has 2 rings (SSSR count). The van der Waals surface area contributed by atoms with Crippen molar-refractivity contribution in [1.29, 1.82) is 0 Å². The lowest BCUT2D eigenvalue weighted by Crippen LogP contribution is -2.35. The van der Waals surface area contributed by atoms with Crippen molar-refractivity contribution >= 4 is 31.5 Å². The Hall–Kier alpha value is -0.850. The summed E-state index contributed by atoms with van der Waals surface area (Å²) in [5.74, 6) is 0. The van der Waals surface area contributed by atoms with Crippen LogP contribution in [0, 0.1) is 0 Å². The first kappa shape index (κ1) is 14.6. The fourth-order valence-corrected chi connectivity index (χ4v) is 3.02. The van der Waals surface area contributed by atoms with E-state index in [1.54, 1.807) is 0 Å². The van der Waals surface area contributed by atoms with Crippen molar-refractivity contribution in [3.8, 4) is 0 Å². The minimum absolute atomic E-state index is 0.0688. The van der Waals surface area contributed by atoms with Gasteiger partial charge in [-0.2, -0.15) is 0 Å². The van der Waals surface area contributed by atoms with Crippen molar-refractivity contribution in [2.75, 3.05) is 31.0 Å². The summed E-state index contributed by atoms with van der Waals surface area (Å²) in [6.07, 6.45) is 0. The van der Waals surface area contributed by atoms with Crippen LogP contribution in [0.2, 0.25) is 0 Å². The largest absolute Gasteiger partial charge is 0.378 e. The van der Waals surface area contributed by atoms with Gasteiger partial charge in [0.2, 0.25) is 0 Å². The Kier molecular flexibility index (Phi) is 5.01. The van der Waals surface area contributed by atoms with Gasteiger partial charge in [-0.3, -0.25) is 0 Å². The summed E-state index contributed by atoms with van der Waals surface area (Å²) in [6.45, 7) is 2.66. The molecular formula is C13H16BrNO3S. The van der Waals surface area contributed by atoms with E-state index >= 15 is 0 Å². The highest BCUT2D eigenvalue weighted by atomic mass is 79.9. The van der Waals surface area contributed by atoms with Gasteiger partial charge in [0.25, 0.3) is 0 Å². The van der Waals surface area contributed by atoms with E-state index in [4.69, 9.17) is 4.74 Å². The third-order valence-corrected chi connectivity index (χ3v) is 5.67. The SMILES string of the molecule is O=S(=O)(/C=C(\c1ccccc1)N1CCOCC1)CBr. The third-order valence-electron chi connectivity index (χ3n) is 2.86. The van der Waals surface area contributed by atoms with Crippen molar-refractivity contribution in [2.45, 2.75) is 0 Å². The van der Waals surface area contributed by atoms with Gasteiger partial charge in [0.15, 0.2) is 9.84 Å². The molecule has 19 heavy (non-hydrogen) atoms. The molecule has 0 N–H and O–H groups in total. The van der Waals surface area contributed by atoms with Crippen LogP contribution in [0.15, 0.2) is 35.7 Å². The summed E-state index contributed by atoms with van der Waals surface area (Å²) in [5.41, 5.74) is 1.65. The van der Waals surface area contributed by atoms with Crippen LogP contribution in [0.3, 0.4) is 0 Å². The molecule has 1 fully saturated rings. The molecule has 6 heteroatoms. The molecule has 0 aromatic heterocycles. The molecule has 1 saturated heterocycles. The van der Waals surface area contributed by atoms with Crippen LogP contribution in [0.5, 0.6) is 0 Å². The molecule has 0 unspecified atom stereocenters. The molecule has 1 aromatic carbocycles. The number of halogens is 1. The minimum atomic E-state index is -3.24. The first-order chi connectivity index (χ1) is 9.12. The molecule has 0 aliphatic carbocycles. The van der Waals surface area contributed by atoms with Crippen LogP contribution in [-0.2, 0) is 14.6 Å². The zero-order valence-electron chi connectivity index (χ0n) is 10.5. The highest BCUT2D eigenvalue weighted by molar-refractivity contribution is 9.10. The number of sulfone groups is 1. The monoisotopic (exact) mass is 345 g/mol. The molecule has 0 saturated carbocycles. The Morgan fingerprint density at radius 2 is 1.89 bits per heavy atom. The second-order valence-electron chi connectivity index (χ2n) is 4.24. The number of nitrogens with zero attached hydrogens (tertiary/aromatic N) is 1. The maximum atomic E-state index is 11.8. The molecule has 0 radical (unpaired) electrons. The fourth-order valence-electron chi connectivity index (χ4n) is 1.94. The highest BCUT2D eigenvalue weighted by Crippen LogP contribution is 2.22. The summed E-state index contributed by atoms with van der Waals surface area (Å²) in [4.78, 5) is 2.05. The van der Waals surface area contributed by atoms with Gasteiger partial charge in [-0.05, 0) is 5.56 Å². The Morgan fingerprint density at radius 1 is 1.26 bits per heavy atom. The molecule has 0 atom stereocenters. The number of ether oxygens (including phenoxy) is 1. The summed E-state index contributed by atoms with van der Waals surface area (Å²) < 4.78 is 28.9. The lowest BCUT2D eigenvalue weighted by atomic mass is 10.1. The Balaban J connectivity index is 2.39. The first-order valence-electron chi connectivity index (χ1n) is 6.01. The van der Waals surface area contributed by atoms with Crippen LogP contribution in [0.1, 0.15) is 5.56 Å². The zero-order valence-corrected chi connectivity index (χ0v) is 12.9. The topological polar surface area (TPSA) is 46.6 Å². The van der Waals surface area contributed by atoms with Crippen LogP contribution in [0.25, 0.3) is 5.70 Å². The zero-order chi connectivity index (χ0) is 13.7. The fraction of sp³-hybridized carbons (Fsp3) is 0.385. The smallest absolute Gasteiger partial charge is 0.183 e. The molecule has 1 aliphatic rings. The lowest BCUT2D eigenvalue weighted by molar-refractivity contribution is 0.0640. The van der Waals surface area contributed by atoms with E-state index in [1.165, 1.54) is 5.41 Å². The van der Waals surface area contributed by atoms with E-state index in [0.29, 0.717) is 26.3 Å². The van der Waals surface area contributed by atoms with Gasteiger partial charge >= 0.3 is 0 Å². The van der Waals surface area contributed by atoms with Gasteiger partial charge in [-0.25, -0.2) is 8.42 Å². The summed E-state index contributed by atoms with van der Waals surface area (Å²) in [5, 5.41) is 1.35. The van der Waals surface area contributed by atoms with E-state index < -0.39 is 9.84 Å². The number of alkyl halides is 1. The normalized spacial score (nSPS) is 17.5. The predicted molar refractivity (Wildman–Crippen MR) is 79.5 cm³/mol. The second-order valence-corrected chi connectivity index (χ2v) is 7.39. The molecular weight excluding hydrogens is 330 g/mol. The van der Waals surface area contributed by atoms with Crippen molar-refractivity contribution in [3.05, 3.63) is 41.3 Å². The average Bonchev–Trinajstić information content (AvgIpc) is 2.47. The average molecular weight is 346 g/mol. The Bertz CT molecular complexity index is 536. The molecule has 0 amide bonds. The number of morpholine rings is 1. The van der Waals surface area contributed by atoms with Gasteiger partial charge in [0, 0.05) is 13.1 Å². The van der Waals surface area contributed by atoms with Gasteiger partial charge in [-0.15, -0.1) is 0 Å². The van der Waals surface area contributed by atoms with Crippen molar-refractivity contribution in [2.24, 2.45) is 0 Å². The Morgan fingerprint density at radius 3 is 2.47 bits per heavy atom. The van der Waals surface area contributed by atoms with Crippen LogP contribution >= 0.6 is 15.9 Å². The van der Waals surface area contributed by atoms with Gasteiger partial charge in [0.1, 0.15) is 4.66 Å². The molecule has 4 nitrogen and oxygen atoms in total. The molecule has 1 heterocycles. The number of benzene rings is 1. The third kappa shape index (κ3) is 4.06. The molecule has 104 valence electrons. The van der Waals surface area contributed by atoms with Crippen molar-refractivity contribution in [1.82, 2.24) is 4.90 Å². The standard InChI is InChI=1S/C13H16BrNO3S/c14-11-19(16,17)10-13(12-4-2-1-3-5-12)15-6-8-18-9-7-15/h1-5,10H,6-9,11H2/b13-10+. The summed E-state index contributed by atoms with van der Waals surface area (Å²) >= 11 is 3.02. The number of hydrogen-bond donors (Lipinski definition) is 0. The summed E-state index contributed by atoms with van der Waals surface area (Å²) in [6, 6.07) is 9.57. The van der Waals surface area contributed by atoms with E-state index in [-0.39, 0.29) is 4.66 Å². The van der Waals surface area contributed by atoms with Crippen LogP contribution < -0.4 is 0 Å². The number of rotatable bonds is 4. The van der Waals surface area contributed by atoms with E-state index in [9.17, 15) is 8.42 Å². The summed E-state index contributed by atoms with van der Waals surface area (Å²) in [7, 11) is -3.24. The number of hydrogen-bond acceptors (Lipinski definition) is 4. The van der Waals surface area contributed by atoms with E-state index in [0.717, 1.165) is 11.3 Å².